The zero-order valence-electron chi connectivity index (χ0n) is 10.3. The van der Waals surface area contributed by atoms with Crippen molar-refractivity contribution in [2.75, 3.05) is 0 Å². The molecule has 0 aliphatic carbocycles. The summed E-state index contributed by atoms with van der Waals surface area (Å²) in [7, 11) is 0. The Morgan fingerprint density at radius 1 is 1.26 bits per heavy atom. The van der Waals surface area contributed by atoms with Crippen LogP contribution in [0.2, 0.25) is 5.02 Å². The molecule has 0 saturated heterocycles. The van der Waals surface area contributed by atoms with E-state index >= 15 is 0 Å². The van der Waals surface area contributed by atoms with Crippen LogP contribution in [0.5, 0.6) is 5.75 Å². The zero-order valence-corrected chi connectivity index (χ0v) is 11.0. The molecule has 0 aliphatic heterocycles. The fraction of sp³-hybridized carbons (Fsp3) is 0.133. The maximum absolute atomic E-state index is 13.1. The van der Waals surface area contributed by atoms with E-state index in [9.17, 15) is 4.39 Å². The summed E-state index contributed by atoms with van der Waals surface area (Å²) >= 11 is 6.00. The largest absolute Gasteiger partial charge is 0.487 e. The van der Waals surface area contributed by atoms with Crippen molar-refractivity contribution in [3.63, 3.8) is 0 Å². The minimum atomic E-state index is -0.296. The van der Waals surface area contributed by atoms with Crippen LogP contribution < -0.4 is 4.74 Å². The molecule has 4 heteroatoms. The lowest BCUT2D eigenvalue weighted by Crippen LogP contribution is -1.99. The smallest absolute Gasteiger partial charge is 0.138 e. The normalized spacial score (nSPS) is 10.0. The van der Waals surface area contributed by atoms with Gasteiger partial charge in [-0.25, -0.2) is 4.39 Å². The molecule has 0 fully saturated rings. The average Bonchev–Trinajstić information content (AvgIpc) is 2.40. The van der Waals surface area contributed by atoms with Crippen molar-refractivity contribution in [3.8, 4) is 11.8 Å². The van der Waals surface area contributed by atoms with Crippen LogP contribution in [0.15, 0.2) is 36.4 Å². The van der Waals surface area contributed by atoms with Crippen molar-refractivity contribution in [1.82, 2.24) is 0 Å². The third kappa shape index (κ3) is 3.24. The van der Waals surface area contributed by atoms with Gasteiger partial charge in [0, 0.05) is 0 Å². The highest BCUT2D eigenvalue weighted by Gasteiger charge is 2.05. The Labute approximate surface area is 116 Å². The molecule has 2 rings (SSSR count). The van der Waals surface area contributed by atoms with Crippen molar-refractivity contribution < 1.29 is 9.13 Å². The summed E-state index contributed by atoms with van der Waals surface area (Å²) in [5, 5.41) is 9.11. The van der Waals surface area contributed by atoms with Crippen molar-refractivity contribution in [2.45, 2.75) is 13.5 Å². The first-order valence-electron chi connectivity index (χ1n) is 5.67. The maximum atomic E-state index is 13.1. The molecule has 0 amide bonds. The zero-order chi connectivity index (χ0) is 13.8. The number of nitrogens with zero attached hydrogens (tertiary/aromatic N) is 1. The molecule has 0 radical (unpaired) electrons. The third-order valence-corrected chi connectivity index (χ3v) is 3.05. The predicted molar refractivity (Wildman–Crippen MR) is 71.6 cm³/mol. The molecule has 0 unspecified atom stereocenters. The van der Waals surface area contributed by atoms with Crippen LogP contribution in [0, 0.1) is 24.1 Å². The molecule has 0 N–H and O–H groups in total. The second kappa shape index (κ2) is 5.73. The lowest BCUT2D eigenvalue weighted by atomic mass is 10.1. The molecule has 0 aliphatic rings. The first-order chi connectivity index (χ1) is 9.10. The highest BCUT2D eigenvalue weighted by Crippen LogP contribution is 2.26. The first-order valence-corrected chi connectivity index (χ1v) is 6.05. The lowest BCUT2D eigenvalue weighted by Gasteiger charge is -2.10. The van der Waals surface area contributed by atoms with Gasteiger partial charge in [-0.3, -0.25) is 0 Å². The fourth-order valence-electron chi connectivity index (χ4n) is 1.64. The average molecular weight is 276 g/mol. The predicted octanol–water partition coefficient (Wildman–Crippen LogP) is 4.24. The second-order valence-electron chi connectivity index (χ2n) is 4.12. The van der Waals surface area contributed by atoms with E-state index in [0.29, 0.717) is 16.3 Å². The summed E-state index contributed by atoms with van der Waals surface area (Å²) in [6.07, 6.45) is 0. The molecule has 0 bridgehead atoms. The Morgan fingerprint density at radius 2 is 2.05 bits per heavy atom. The minimum absolute atomic E-state index is 0.231. The van der Waals surface area contributed by atoms with Crippen molar-refractivity contribution in [3.05, 3.63) is 63.9 Å². The summed E-state index contributed by atoms with van der Waals surface area (Å²) in [6.45, 7) is 2.12. The number of nitriles is 1. The van der Waals surface area contributed by atoms with E-state index in [2.05, 4.69) is 0 Å². The van der Waals surface area contributed by atoms with Crippen LogP contribution in [-0.2, 0) is 6.61 Å². The quantitative estimate of drug-likeness (QED) is 0.839. The summed E-state index contributed by atoms with van der Waals surface area (Å²) in [4.78, 5) is 0. The molecule has 0 atom stereocenters. The van der Waals surface area contributed by atoms with Crippen molar-refractivity contribution in [1.29, 1.82) is 5.26 Å². The van der Waals surface area contributed by atoms with Gasteiger partial charge in [-0.1, -0.05) is 17.7 Å². The molecule has 0 saturated carbocycles. The minimum Gasteiger partial charge on any atom is -0.487 e. The second-order valence-corrected chi connectivity index (χ2v) is 4.52. The Balaban J connectivity index is 2.15. The highest BCUT2D eigenvalue weighted by atomic mass is 35.5. The monoisotopic (exact) mass is 275 g/mol. The van der Waals surface area contributed by atoms with Crippen LogP contribution in [0.3, 0.4) is 0 Å². The Morgan fingerprint density at radius 3 is 2.74 bits per heavy atom. The van der Waals surface area contributed by atoms with E-state index in [1.54, 1.807) is 18.2 Å². The third-order valence-electron chi connectivity index (χ3n) is 2.76. The van der Waals surface area contributed by atoms with Crippen LogP contribution >= 0.6 is 11.6 Å². The van der Waals surface area contributed by atoms with Gasteiger partial charge in [0.25, 0.3) is 0 Å². The summed E-state index contributed by atoms with van der Waals surface area (Å²) < 4.78 is 18.7. The molecule has 19 heavy (non-hydrogen) atoms. The number of rotatable bonds is 3. The highest BCUT2D eigenvalue weighted by molar-refractivity contribution is 6.32. The molecule has 0 heterocycles. The van der Waals surface area contributed by atoms with Gasteiger partial charge in [0.15, 0.2) is 0 Å². The van der Waals surface area contributed by atoms with E-state index in [1.165, 1.54) is 18.2 Å². The maximum Gasteiger partial charge on any atom is 0.138 e. The number of ether oxygens (including phenoxy) is 1. The van der Waals surface area contributed by atoms with E-state index in [1.807, 2.05) is 13.0 Å². The van der Waals surface area contributed by atoms with Gasteiger partial charge in [-0.2, -0.15) is 5.26 Å². The molecule has 0 aromatic heterocycles. The van der Waals surface area contributed by atoms with Gasteiger partial charge < -0.3 is 4.74 Å². The van der Waals surface area contributed by atoms with Crippen LogP contribution in [0.25, 0.3) is 0 Å². The number of halogens is 2. The fourth-order valence-corrected chi connectivity index (χ4v) is 1.87. The molecule has 96 valence electrons. The molecular formula is C15H11ClFNO. The van der Waals surface area contributed by atoms with Crippen LogP contribution in [0.4, 0.5) is 4.39 Å². The lowest BCUT2D eigenvalue weighted by molar-refractivity contribution is 0.305. The van der Waals surface area contributed by atoms with Crippen molar-refractivity contribution >= 4 is 11.6 Å². The van der Waals surface area contributed by atoms with Gasteiger partial charge in [0.2, 0.25) is 0 Å². The van der Waals surface area contributed by atoms with Crippen molar-refractivity contribution in [2.24, 2.45) is 0 Å². The van der Waals surface area contributed by atoms with Gasteiger partial charge in [0.05, 0.1) is 16.7 Å². The molecule has 0 spiro atoms. The molecule has 2 aromatic rings. The number of benzene rings is 2. The Kier molecular flexibility index (Phi) is 4.03. The summed E-state index contributed by atoms with van der Waals surface area (Å²) in [5.41, 5.74) is 2.19. The van der Waals surface area contributed by atoms with E-state index in [4.69, 9.17) is 21.6 Å². The first kappa shape index (κ1) is 13.4. The van der Waals surface area contributed by atoms with Gasteiger partial charge >= 0.3 is 0 Å². The molecular weight excluding hydrogens is 265 g/mol. The SMILES string of the molecule is Cc1ccc(F)cc1COc1ccc(C#N)cc1Cl. The summed E-state index contributed by atoms with van der Waals surface area (Å²) in [5.74, 6) is 0.180. The molecule has 2 aromatic carbocycles. The Hall–Kier alpha value is -2.05. The standard InChI is InChI=1S/C15H11ClFNO/c1-10-2-4-13(17)7-12(10)9-19-15-5-3-11(8-18)6-14(15)16/h2-7H,9H2,1H3. The van der Waals surface area contributed by atoms with E-state index < -0.39 is 0 Å². The summed E-state index contributed by atoms with van der Waals surface area (Å²) in [6, 6.07) is 11.3. The topological polar surface area (TPSA) is 33.0 Å². The van der Waals surface area contributed by atoms with Gasteiger partial charge in [-0.05, 0) is 48.4 Å². The van der Waals surface area contributed by atoms with Gasteiger partial charge in [-0.15, -0.1) is 0 Å². The van der Waals surface area contributed by atoms with E-state index in [0.717, 1.165) is 11.1 Å². The van der Waals surface area contributed by atoms with E-state index in [-0.39, 0.29) is 12.4 Å². The van der Waals surface area contributed by atoms with Gasteiger partial charge in [0.1, 0.15) is 18.2 Å². The van der Waals surface area contributed by atoms with Crippen LogP contribution in [0.1, 0.15) is 16.7 Å². The van der Waals surface area contributed by atoms with Crippen LogP contribution in [-0.4, -0.2) is 0 Å². The number of aryl methyl sites for hydroxylation is 1. The molecule has 2 nitrogen and oxygen atoms in total. The number of hydrogen-bond donors (Lipinski definition) is 0. The number of hydrogen-bond acceptors (Lipinski definition) is 2. The Bertz CT molecular complexity index is 649.